The predicted octanol–water partition coefficient (Wildman–Crippen LogP) is 2.34. The molecule has 1 rings (SSSR count). The SMILES string of the molecule is Cc1cc(Cl)c(CSCC(N)C(=O)O)c(Cl)n1. The molecule has 1 aromatic rings. The summed E-state index contributed by atoms with van der Waals surface area (Å²) in [7, 11) is 0. The number of halogens is 2. The number of carbonyl (C=O) groups is 1. The fourth-order valence-electron chi connectivity index (χ4n) is 1.11. The van der Waals surface area contributed by atoms with Gasteiger partial charge in [0.1, 0.15) is 11.2 Å². The first-order valence-corrected chi connectivity index (χ1v) is 6.70. The Morgan fingerprint density at radius 1 is 1.65 bits per heavy atom. The number of aliphatic carboxylic acids is 1. The van der Waals surface area contributed by atoms with Gasteiger partial charge in [-0.2, -0.15) is 11.8 Å². The van der Waals surface area contributed by atoms with Crippen molar-refractivity contribution in [3.05, 3.63) is 27.5 Å². The Labute approximate surface area is 114 Å². The molecule has 17 heavy (non-hydrogen) atoms. The molecule has 7 heteroatoms. The zero-order valence-corrected chi connectivity index (χ0v) is 11.4. The molecule has 0 saturated heterocycles. The second kappa shape index (κ2) is 6.44. The van der Waals surface area contributed by atoms with Crippen LogP contribution >= 0.6 is 35.0 Å². The lowest BCUT2D eigenvalue weighted by atomic mass is 10.3. The van der Waals surface area contributed by atoms with Crippen LogP contribution in [-0.4, -0.2) is 27.9 Å². The number of carboxylic acids is 1. The molecule has 4 nitrogen and oxygen atoms in total. The normalized spacial score (nSPS) is 12.5. The van der Waals surface area contributed by atoms with Gasteiger partial charge in [-0.1, -0.05) is 23.2 Å². The van der Waals surface area contributed by atoms with E-state index in [0.29, 0.717) is 27.2 Å². The molecule has 1 aromatic heterocycles. The summed E-state index contributed by atoms with van der Waals surface area (Å²) in [4.78, 5) is 14.6. The Kier molecular flexibility index (Phi) is 5.52. The number of nitrogens with zero attached hydrogens (tertiary/aromatic N) is 1. The Morgan fingerprint density at radius 3 is 2.82 bits per heavy atom. The molecule has 0 saturated carbocycles. The Morgan fingerprint density at radius 2 is 2.29 bits per heavy atom. The van der Waals surface area contributed by atoms with Gasteiger partial charge >= 0.3 is 5.97 Å². The third-order valence-corrected chi connectivity index (χ3v) is 3.75. The van der Waals surface area contributed by atoms with E-state index in [1.807, 2.05) is 0 Å². The molecule has 0 spiro atoms. The summed E-state index contributed by atoms with van der Waals surface area (Å²) in [6.45, 7) is 1.80. The summed E-state index contributed by atoms with van der Waals surface area (Å²) in [5.41, 5.74) is 6.83. The summed E-state index contributed by atoms with van der Waals surface area (Å²) in [6.07, 6.45) is 0. The fraction of sp³-hybridized carbons (Fsp3) is 0.400. The van der Waals surface area contributed by atoms with E-state index in [4.69, 9.17) is 34.0 Å². The van der Waals surface area contributed by atoms with Crippen molar-refractivity contribution in [1.29, 1.82) is 0 Å². The second-order valence-corrected chi connectivity index (χ2v) is 5.27. The molecule has 3 N–H and O–H groups in total. The van der Waals surface area contributed by atoms with E-state index in [1.165, 1.54) is 11.8 Å². The quantitative estimate of drug-likeness (QED) is 0.815. The van der Waals surface area contributed by atoms with E-state index in [0.717, 1.165) is 5.69 Å². The number of hydrogen-bond donors (Lipinski definition) is 2. The van der Waals surface area contributed by atoms with Crippen molar-refractivity contribution >= 4 is 40.9 Å². The molecule has 0 fully saturated rings. The highest BCUT2D eigenvalue weighted by atomic mass is 35.5. The maximum absolute atomic E-state index is 10.5. The molecule has 0 radical (unpaired) electrons. The van der Waals surface area contributed by atoms with E-state index in [9.17, 15) is 4.79 Å². The van der Waals surface area contributed by atoms with Crippen LogP contribution in [0.4, 0.5) is 0 Å². The van der Waals surface area contributed by atoms with E-state index in [-0.39, 0.29) is 0 Å². The molecule has 94 valence electrons. The van der Waals surface area contributed by atoms with Gasteiger partial charge in [-0.25, -0.2) is 4.98 Å². The lowest BCUT2D eigenvalue weighted by Gasteiger charge is -2.09. The molecular weight excluding hydrogens is 283 g/mol. The lowest BCUT2D eigenvalue weighted by Crippen LogP contribution is -2.32. The molecule has 0 aliphatic heterocycles. The summed E-state index contributed by atoms with van der Waals surface area (Å²) < 4.78 is 0. The van der Waals surface area contributed by atoms with Crippen LogP contribution in [0.15, 0.2) is 6.07 Å². The van der Waals surface area contributed by atoms with E-state index < -0.39 is 12.0 Å². The van der Waals surface area contributed by atoms with Gasteiger partial charge in [0.15, 0.2) is 0 Å². The van der Waals surface area contributed by atoms with Crippen molar-refractivity contribution in [2.75, 3.05) is 5.75 Å². The highest BCUT2D eigenvalue weighted by Gasteiger charge is 2.13. The molecule has 1 atom stereocenters. The third kappa shape index (κ3) is 4.35. The van der Waals surface area contributed by atoms with Gasteiger partial charge in [0.2, 0.25) is 0 Å². The average Bonchev–Trinajstić information content (AvgIpc) is 2.21. The number of carboxylic acid groups (broad SMARTS) is 1. The Hall–Kier alpha value is -0.490. The van der Waals surface area contributed by atoms with Crippen LogP contribution in [0, 0.1) is 6.92 Å². The number of rotatable bonds is 5. The first kappa shape index (κ1) is 14.6. The Balaban J connectivity index is 2.61. The van der Waals surface area contributed by atoms with Gasteiger partial charge in [0.05, 0.1) is 0 Å². The number of thioether (sulfide) groups is 1. The number of hydrogen-bond acceptors (Lipinski definition) is 4. The van der Waals surface area contributed by atoms with Crippen molar-refractivity contribution in [2.45, 2.75) is 18.7 Å². The predicted molar refractivity (Wildman–Crippen MR) is 70.8 cm³/mol. The first-order valence-electron chi connectivity index (χ1n) is 4.79. The average molecular weight is 295 g/mol. The molecule has 0 aliphatic carbocycles. The van der Waals surface area contributed by atoms with Crippen molar-refractivity contribution in [3.63, 3.8) is 0 Å². The topological polar surface area (TPSA) is 76.2 Å². The largest absolute Gasteiger partial charge is 0.480 e. The van der Waals surface area contributed by atoms with Crippen molar-refractivity contribution in [3.8, 4) is 0 Å². The van der Waals surface area contributed by atoms with Crippen LogP contribution in [0.25, 0.3) is 0 Å². The summed E-state index contributed by atoms with van der Waals surface area (Å²) in [5, 5.41) is 9.52. The standard InChI is InChI=1S/C10H12Cl2N2O2S/c1-5-2-7(11)6(9(12)14-5)3-17-4-8(13)10(15)16/h2,8H,3-4,13H2,1H3,(H,15,16). The van der Waals surface area contributed by atoms with Crippen LogP contribution < -0.4 is 5.73 Å². The van der Waals surface area contributed by atoms with E-state index in [2.05, 4.69) is 4.98 Å². The monoisotopic (exact) mass is 294 g/mol. The van der Waals surface area contributed by atoms with Gasteiger partial charge in [0, 0.05) is 27.8 Å². The van der Waals surface area contributed by atoms with Crippen molar-refractivity contribution in [2.24, 2.45) is 5.73 Å². The van der Waals surface area contributed by atoms with Crippen molar-refractivity contribution in [1.82, 2.24) is 4.98 Å². The minimum Gasteiger partial charge on any atom is -0.480 e. The molecule has 0 amide bonds. The fourth-order valence-corrected chi connectivity index (χ4v) is 2.95. The van der Waals surface area contributed by atoms with Crippen molar-refractivity contribution < 1.29 is 9.90 Å². The number of pyridine rings is 1. The summed E-state index contributed by atoms with van der Waals surface area (Å²) >= 11 is 13.3. The first-order chi connectivity index (χ1) is 7.91. The van der Waals surface area contributed by atoms with Gasteiger partial charge in [0.25, 0.3) is 0 Å². The van der Waals surface area contributed by atoms with Crippen LogP contribution in [0.5, 0.6) is 0 Å². The van der Waals surface area contributed by atoms with Crippen LogP contribution in [-0.2, 0) is 10.5 Å². The van der Waals surface area contributed by atoms with Gasteiger partial charge in [-0.3, -0.25) is 4.79 Å². The minimum atomic E-state index is -1.02. The van der Waals surface area contributed by atoms with Crippen LogP contribution in [0.2, 0.25) is 10.2 Å². The summed E-state index contributed by atoms with van der Waals surface area (Å²) in [5.74, 6) is -0.223. The summed E-state index contributed by atoms with van der Waals surface area (Å²) in [6, 6.07) is 0.844. The minimum absolute atomic E-state index is 0.301. The van der Waals surface area contributed by atoms with E-state index >= 15 is 0 Å². The smallest absolute Gasteiger partial charge is 0.321 e. The zero-order chi connectivity index (χ0) is 13.0. The van der Waals surface area contributed by atoms with Gasteiger partial charge in [-0.05, 0) is 13.0 Å². The highest BCUT2D eigenvalue weighted by molar-refractivity contribution is 7.98. The molecule has 0 aliphatic rings. The maximum Gasteiger partial charge on any atom is 0.321 e. The lowest BCUT2D eigenvalue weighted by molar-refractivity contribution is -0.137. The zero-order valence-electron chi connectivity index (χ0n) is 9.11. The molecule has 0 aromatic carbocycles. The molecule has 1 heterocycles. The van der Waals surface area contributed by atoms with Crippen LogP contribution in [0.1, 0.15) is 11.3 Å². The number of aryl methyl sites for hydroxylation is 1. The van der Waals surface area contributed by atoms with Crippen LogP contribution in [0.3, 0.4) is 0 Å². The number of nitrogens with two attached hydrogens (primary N) is 1. The second-order valence-electron chi connectivity index (χ2n) is 3.47. The van der Waals surface area contributed by atoms with E-state index in [1.54, 1.807) is 13.0 Å². The highest BCUT2D eigenvalue weighted by Crippen LogP contribution is 2.27. The van der Waals surface area contributed by atoms with Gasteiger partial charge < -0.3 is 10.8 Å². The number of aromatic nitrogens is 1. The van der Waals surface area contributed by atoms with Gasteiger partial charge in [-0.15, -0.1) is 0 Å². The maximum atomic E-state index is 10.5. The molecule has 0 bridgehead atoms. The third-order valence-electron chi connectivity index (χ3n) is 2.01. The molecular formula is C10H12Cl2N2O2S. The Bertz CT molecular complexity index is 406. The molecule has 1 unspecified atom stereocenters.